The summed E-state index contributed by atoms with van der Waals surface area (Å²) in [5.74, 6) is 1.27. The molecule has 0 amide bonds. The monoisotopic (exact) mass is 239 g/mol. The number of carbonyl (C=O) groups is 1. The average molecular weight is 239 g/mol. The molecule has 0 bridgehead atoms. The molecule has 0 spiro atoms. The van der Waals surface area contributed by atoms with Crippen molar-refractivity contribution >= 4 is 5.78 Å². The summed E-state index contributed by atoms with van der Waals surface area (Å²) in [6, 6.07) is 0.155. The van der Waals surface area contributed by atoms with Crippen molar-refractivity contribution in [2.75, 3.05) is 26.8 Å². The summed E-state index contributed by atoms with van der Waals surface area (Å²) in [6.45, 7) is 2.59. The van der Waals surface area contributed by atoms with Crippen LogP contribution in [0.3, 0.4) is 0 Å². The number of carbonyl (C=O) groups excluding carboxylic acids is 1. The van der Waals surface area contributed by atoms with Crippen molar-refractivity contribution in [3.63, 3.8) is 0 Å². The average Bonchev–Trinajstić information content (AvgIpc) is 3.12. The number of nitrogens with zero attached hydrogens (tertiary/aromatic N) is 1. The van der Waals surface area contributed by atoms with Gasteiger partial charge in [0, 0.05) is 19.6 Å². The lowest BCUT2D eigenvalue weighted by Crippen LogP contribution is -2.39. The first-order valence-corrected chi connectivity index (χ1v) is 7.08. The maximum atomic E-state index is 11.9. The maximum Gasteiger partial charge on any atom is 0.149 e. The molecule has 2 fully saturated rings. The fraction of sp³-hybridized carbons (Fsp3) is 0.929. The second-order valence-electron chi connectivity index (χ2n) is 5.58. The molecule has 0 aliphatic heterocycles. The summed E-state index contributed by atoms with van der Waals surface area (Å²) in [6.07, 6.45) is 8.00. The Hall–Kier alpha value is -0.410. The quantitative estimate of drug-likeness (QED) is 0.526. The van der Waals surface area contributed by atoms with E-state index < -0.39 is 0 Å². The molecular weight excluding hydrogens is 214 g/mol. The summed E-state index contributed by atoms with van der Waals surface area (Å²) in [4.78, 5) is 14.1. The Morgan fingerprint density at radius 2 is 2.06 bits per heavy atom. The highest BCUT2D eigenvalue weighted by atomic mass is 16.5. The predicted molar refractivity (Wildman–Crippen MR) is 68.1 cm³/mol. The van der Waals surface area contributed by atoms with Crippen LogP contribution >= 0.6 is 0 Å². The molecule has 2 aliphatic carbocycles. The van der Waals surface area contributed by atoms with E-state index in [0.29, 0.717) is 5.78 Å². The first-order valence-electron chi connectivity index (χ1n) is 7.08. The first kappa shape index (κ1) is 13.0. The van der Waals surface area contributed by atoms with Gasteiger partial charge >= 0.3 is 0 Å². The van der Waals surface area contributed by atoms with E-state index in [9.17, 15) is 4.79 Å². The fourth-order valence-corrected chi connectivity index (χ4v) is 2.51. The number of ketones is 1. The Bertz CT molecular complexity index is 251. The van der Waals surface area contributed by atoms with Crippen LogP contribution in [0.1, 0.15) is 44.9 Å². The number of rotatable bonds is 6. The Labute approximate surface area is 105 Å². The molecule has 0 heterocycles. The Morgan fingerprint density at radius 3 is 2.82 bits per heavy atom. The van der Waals surface area contributed by atoms with E-state index in [2.05, 4.69) is 11.9 Å². The van der Waals surface area contributed by atoms with Crippen molar-refractivity contribution in [1.82, 2.24) is 4.90 Å². The highest BCUT2D eigenvalue weighted by Crippen LogP contribution is 2.28. The largest absolute Gasteiger partial charge is 0.380 e. The predicted octanol–water partition coefficient (Wildman–Crippen LogP) is 2.25. The van der Waals surface area contributed by atoms with Gasteiger partial charge < -0.3 is 4.74 Å². The maximum absolute atomic E-state index is 11.9. The van der Waals surface area contributed by atoms with E-state index in [1.54, 1.807) is 0 Å². The third-order valence-corrected chi connectivity index (χ3v) is 3.94. The molecule has 0 radical (unpaired) electrons. The zero-order valence-electron chi connectivity index (χ0n) is 11.0. The van der Waals surface area contributed by atoms with Gasteiger partial charge in [-0.2, -0.15) is 0 Å². The SMILES string of the molecule is CN(CCOCC1CC1)C1CCCCCC1=O. The van der Waals surface area contributed by atoms with Crippen molar-refractivity contribution in [3.05, 3.63) is 0 Å². The van der Waals surface area contributed by atoms with Gasteiger partial charge in [0.15, 0.2) is 0 Å². The Kier molecular flexibility index (Phi) is 4.99. The topological polar surface area (TPSA) is 29.5 Å². The molecule has 0 aromatic heterocycles. The lowest BCUT2D eigenvalue weighted by Gasteiger charge is -2.25. The van der Waals surface area contributed by atoms with Gasteiger partial charge in [-0.25, -0.2) is 0 Å². The zero-order valence-corrected chi connectivity index (χ0v) is 11.0. The minimum atomic E-state index is 0.155. The van der Waals surface area contributed by atoms with Crippen molar-refractivity contribution in [3.8, 4) is 0 Å². The van der Waals surface area contributed by atoms with Crippen LogP contribution < -0.4 is 0 Å². The lowest BCUT2D eigenvalue weighted by atomic mass is 10.1. The molecule has 2 aliphatic rings. The van der Waals surface area contributed by atoms with Gasteiger partial charge in [0.1, 0.15) is 5.78 Å². The number of hydrogen-bond donors (Lipinski definition) is 0. The van der Waals surface area contributed by atoms with Gasteiger partial charge in [-0.15, -0.1) is 0 Å². The van der Waals surface area contributed by atoms with Crippen LogP contribution in [-0.4, -0.2) is 43.5 Å². The molecule has 1 atom stereocenters. The minimum Gasteiger partial charge on any atom is -0.380 e. The van der Waals surface area contributed by atoms with E-state index in [1.165, 1.54) is 25.7 Å². The van der Waals surface area contributed by atoms with E-state index >= 15 is 0 Å². The van der Waals surface area contributed by atoms with Gasteiger partial charge in [-0.1, -0.05) is 12.8 Å². The van der Waals surface area contributed by atoms with Crippen molar-refractivity contribution < 1.29 is 9.53 Å². The van der Waals surface area contributed by atoms with Crippen LogP contribution in [0.5, 0.6) is 0 Å². The Morgan fingerprint density at radius 1 is 1.24 bits per heavy atom. The third kappa shape index (κ3) is 4.40. The molecule has 2 saturated carbocycles. The summed E-state index contributed by atoms with van der Waals surface area (Å²) < 4.78 is 5.63. The second kappa shape index (κ2) is 6.50. The molecule has 0 aromatic rings. The fourth-order valence-electron chi connectivity index (χ4n) is 2.51. The third-order valence-electron chi connectivity index (χ3n) is 3.94. The van der Waals surface area contributed by atoms with Gasteiger partial charge in [-0.05, 0) is 38.6 Å². The number of hydrogen-bond acceptors (Lipinski definition) is 3. The lowest BCUT2D eigenvalue weighted by molar-refractivity contribution is -0.123. The van der Waals surface area contributed by atoms with E-state index in [0.717, 1.165) is 44.9 Å². The summed E-state index contributed by atoms with van der Waals surface area (Å²) in [7, 11) is 2.06. The second-order valence-corrected chi connectivity index (χ2v) is 5.58. The molecule has 3 heteroatoms. The molecule has 0 aromatic carbocycles. The summed E-state index contributed by atoms with van der Waals surface area (Å²) in [5.41, 5.74) is 0. The van der Waals surface area contributed by atoms with Crippen molar-refractivity contribution in [2.45, 2.75) is 51.0 Å². The molecule has 2 rings (SSSR count). The Balaban J connectivity index is 1.65. The van der Waals surface area contributed by atoms with Gasteiger partial charge in [-0.3, -0.25) is 9.69 Å². The highest BCUT2D eigenvalue weighted by Gasteiger charge is 2.25. The molecule has 3 nitrogen and oxygen atoms in total. The van der Waals surface area contributed by atoms with Crippen LogP contribution in [0.2, 0.25) is 0 Å². The van der Waals surface area contributed by atoms with Crippen LogP contribution in [0, 0.1) is 5.92 Å². The standard InChI is InChI=1S/C14H25NO2/c1-15(9-10-17-11-12-7-8-12)13-5-3-2-4-6-14(13)16/h12-13H,2-11H2,1H3. The molecule has 0 N–H and O–H groups in total. The molecular formula is C14H25NO2. The van der Waals surface area contributed by atoms with Gasteiger partial charge in [0.05, 0.1) is 12.6 Å². The normalized spacial score (nSPS) is 26.2. The number of ether oxygens (including phenoxy) is 1. The smallest absolute Gasteiger partial charge is 0.149 e. The van der Waals surface area contributed by atoms with Crippen molar-refractivity contribution in [1.29, 1.82) is 0 Å². The van der Waals surface area contributed by atoms with Crippen LogP contribution in [0.15, 0.2) is 0 Å². The van der Waals surface area contributed by atoms with Gasteiger partial charge in [0.25, 0.3) is 0 Å². The first-order chi connectivity index (χ1) is 8.27. The van der Waals surface area contributed by atoms with Crippen LogP contribution in [0.4, 0.5) is 0 Å². The zero-order chi connectivity index (χ0) is 12.1. The van der Waals surface area contributed by atoms with Crippen molar-refractivity contribution in [2.24, 2.45) is 5.92 Å². The van der Waals surface area contributed by atoms with Crippen LogP contribution in [-0.2, 0) is 9.53 Å². The van der Waals surface area contributed by atoms with Gasteiger partial charge in [0.2, 0.25) is 0 Å². The molecule has 1 unspecified atom stereocenters. The minimum absolute atomic E-state index is 0.155. The molecule has 98 valence electrons. The number of Topliss-reactive ketones (excluding diaryl/α,β-unsaturated/α-hetero) is 1. The highest BCUT2D eigenvalue weighted by molar-refractivity contribution is 5.84. The van der Waals surface area contributed by atoms with Crippen LogP contribution in [0.25, 0.3) is 0 Å². The molecule has 17 heavy (non-hydrogen) atoms. The van der Waals surface area contributed by atoms with E-state index in [1.807, 2.05) is 0 Å². The van der Waals surface area contributed by atoms with E-state index in [-0.39, 0.29) is 6.04 Å². The number of likely N-dealkylation sites (N-methyl/N-ethyl adjacent to an activating group) is 1. The van der Waals surface area contributed by atoms with E-state index in [4.69, 9.17) is 4.74 Å². The summed E-state index contributed by atoms with van der Waals surface area (Å²) >= 11 is 0. The summed E-state index contributed by atoms with van der Waals surface area (Å²) in [5, 5.41) is 0. The molecule has 0 saturated heterocycles.